The molecule has 0 aliphatic carbocycles. The number of hydrazine groups is 1. The number of benzene rings is 1. The number of imidazole rings is 1. The van der Waals surface area contributed by atoms with E-state index >= 15 is 0 Å². The highest BCUT2D eigenvalue weighted by molar-refractivity contribution is 6.11. The first-order chi connectivity index (χ1) is 12.3. The summed E-state index contributed by atoms with van der Waals surface area (Å²) in [5.41, 5.74) is 10.6. The largest absolute Gasteiger partial charge is 0.398 e. The van der Waals surface area contributed by atoms with Crippen molar-refractivity contribution in [3.05, 3.63) is 35.7 Å². The molecule has 0 aliphatic heterocycles. The highest BCUT2D eigenvalue weighted by Crippen LogP contribution is 2.34. The van der Waals surface area contributed by atoms with Crippen molar-refractivity contribution in [1.82, 2.24) is 14.6 Å². The number of aryl methyl sites for hydroxylation is 1. The summed E-state index contributed by atoms with van der Waals surface area (Å²) in [5.74, 6) is 6.38. The summed E-state index contributed by atoms with van der Waals surface area (Å²) >= 11 is 0. The van der Waals surface area contributed by atoms with Gasteiger partial charge < -0.3 is 26.5 Å². The maximum Gasteiger partial charge on any atom is 0.177 e. The van der Waals surface area contributed by atoms with Gasteiger partial charge in [0.25, 0.3) is 0 Å². The molecule has 1 atom stereocenters. The van der Waals surface area contributed by atoms with Crippen molar-refractivity contribution in [2.45, 2.75) is 12.9 Å². The van der Waals surface area contributed by atoms with Crippen molar-refractivity contribution in [3.8, 4) is 0 Å². The van der Waals surface area contributed by atoms with E-state index in [9.17, 15) is 5.11 Å². The summed E-state index contributed by atoms with van der Waals surface area (Å²) in [4.78, 5) is 4.34. The quantitative estimate of drug-likeness (QED) is 0.198. The summed E-state index contributed by atoms with van der Waals surface area (Å²) in [7, 11) is 9.07. The number of nitrogens with zero attached hydrogens (tertiary/aromatic N) is 4. The van der Waals surface area contributed by atoms with Crippen LogP contribution in [-0.2, 0) is 0 Å². The van der Waals surface area contributed by atoms with Gasteiger partial charge in [0.2, 0.25) is 0 Å². The molecule has 0 saturated heterocycles. The van der Waals surface area contributed by atoms with Gasteiger partial charge >= 0.3 is 0 Å². The van der Waals surface area contributed by atoms with Crippen molar-refractivity contribution in [1.29, 1.82) is 0 Å². The minimum atomic E-state index is -1.16. The molecule has 1 unspecified atom stereocenters. The summed E-state index contributed by atoms with van der Waals surface area (Å²) in [6, 6.07) is 3.96. The lowest BCUT2D eigenvalue weighted by molar-refractivity contribution is 0.262. The third kappa shape index (κ3) is 3.11. The molecule has 3 rings (SSSR count). The Morgan fingerprint density at radius 2 is 2.04 bits per heavy atom. The summed E-state index contributed by atoms with van der Waals surface area (Å²) in [6.45, 7) is 1.91. The average molecular weight is 352 g/mol. The van der Waals surface area contributed by atoms with Gasteiger partial charge in [0.15, 0.2) is 11.5 Å². The number of fused-ring (bicyclic) bond motifs is 1. The molecule has 9 nitrogen and oxygen atoms in total. The number of anilines is 5. The van der Waals surface area contributed by atoms with E-state index < -0.39 is 6.00 Å². The fourth-order valence-electron chi connectivity index (χ4n) is 2.69. The van der Waals surface area contributed by atoms with Crippen molar-refractivity contribution in [2.24, 2.45) is 5.84 Å². The predicted octanol–water partition coefficient (Wildman–Crippen LogP) is 0.875. The van der Waals surface area contributed by atoms with Gasteiger partial charge in [-0.1, -0.05) is 0 Å². The summed E-state index contributed by atoms with van der Waals surface area (Å²) in [6.07, 6.45) is 1.74. The lowest BCUT2D eigenvalue weighted by Crippen LogP contribution is -2.26. The van der Waals surface area contributed by atoms with Crippen LogP contribution in [0.25, 0.3) is 5.65 Å². The molecule has 7 N–H and O–H groups in total. The molecule has 3 aromatic rings. The highest BCUT2D eigenvalue weighted by Gasteiger charge is 2.15. The van der Waals surface area contributed by atoms with Crippen LogP contribution < -0.4 is 27.2 Å². The van der Waals surface area contributed by atoms with Crippen molar-refractivity contribution < 1.29 is 5.11 Å². The number of aromatic nitrogens is 3. The smallest absolute Gasteiger partial charge is 0.177 e. The van der Waals surface area contributed by atoms with Crippen molar-refractivity contribution in [2.75, 3.05) is 35.5 Å². The molecule has 134 valence electrons. The molecule has 2 radical (unpaired) electrons. The zero-order chi connectivity index (χ0) is 19.0. The Morgan fingerprint density at radius 3 is 2.65 bits per heavy atom. The molecular weight excluding hydrogens is 331 g/mol. The van der Waals surface area contributed by atoms with E-state index in [4.69, 9.17) is 19.4 Å². The maximum atomic E-state index is 9.76. The monoisotopic (exact) mass is 352 g/mol. The van der Waals surface area contributed by atoms with Gasteiger partial charge in [0.05, 0.1) is 34.6 Å². The maximum absolute atomic E-state index is 9.76. The van der Waals surface area contributed by atoms with Gasteiger partial charge in [-0.3, -0.25) is 0 Å². The normalized spacial score (nSPS) is 12.2. The van der Waals surface area contributed by atoms with Crippen molar-refractivity contribution >= 4 is 42.1 Å². The molecule has 0 saturated carbocycles. The highest BCUT2D eigenvalue weighted by atomic mass is 16.3. The molecule has 0 fully saturated rings. The second-order valence-corrected chi connectivity index (χ2v) is 6.01. The Bertz CT molecular complexity index is 953. The molecule has 2 aromatic heterocycles. The third-order valence-electron chi connectivity index (χ3n) is 4.07. The van der Waals surface area contributed by atoms with Crippen molar-refractivity contribution in [3.63, 3.8) is 0 Å². The van der Waals surface area contributed by atoms with Crippen LogP contribution in [0.1, 0.15) is 17.3 Å². The van der Waals surface area contributed by atoms with Gasteiger partial charge in [-0.2, -0.15) is 0 Å². The van der Waals surface area contributed by atoms with Crippen LogP contribution in [0, 0.1) is 6.92 Å². The second kappa shape index (κ2) is 6.73. The fraction of sp³-hybridized carbons (Fsp3) is 0.250. The lowest BCUT2D eigenvalue weighted by atomic mass is 9.91. The van der Waals surface area contributed by atoms with Gasteiger partial charge in [-0.15, -0.1) is 5.10 Å². The molecule has 2 heterocycles. The number of nitrogens with two attached hydrogens (primary N) is 2. The first-order valence-corrected chi connectivity index (χ1v) is 7.97. The van der Waals surface area contributed by atoms with Crippen LogP contribution in [0.15, 0.2) is 24.4 Å². The Balaban J connectivity index is 2.11. The van der Waals surface area contributed by atoms with Crippen LogP contribution in [0.2, 0.25) is 0 Å². The summed E-state index contributed by atoms with van der Waals surface area (Å²) in [5, 5.41) is 21.9. The van der Waals surface area contributed by atoms with Crippen LogP contribution in [-0.4, -0.2) is 41.6 Å². The lowest BCUT2D eigenvalue weighted by Gasteiger charge is -2.21. The number of rotatable bonds is 5. The fourth-order valence-corrected chi connectivity index (χ4v) is 2.69. The van der Waals surface area contributed by atoms with Gasteiger partial charge in [0.1, 0.15) is 7.85 Å². The number of nitrogen functional groups attached to an aromatic ring is 1. The minimum absolute atomic E-state index is 0.412. The van der Waals surface area contributed by atoms with Gasteiger partial charge in [-0.25, -0.2) is 15.3 Å². The van der Waals surface area contributed by atoms with E-state index in [1.54, 1.807) is 29.9 Å². The Morgan fingerprint density at radius 1 is 1.31 bits per heavy atom. The van der Waals surface area contributed by atoms with Gasteiger partial charge in [0, 0.05) is 26.2 Å². The van der Waals surface area contributed by atoms with Crippen LogP contribution in [0.5, 0.6) is 0 Å². The zero-order valence-corrected chi connectivity index (χ0v) is 14.9. The van der Waals surface area contributed by atoms with Gasteiger partial charge in [-0.05, 0) is 24.6 Å². The first-order valence-electron chi connectivity index (χ1n) is 7.97. The Labute approximate surface area is 152 Å². The number of nitrogens with one attached hydrogen (secondary N) is 2. The molecule has 0 spiro atoms. The predicted molar refractivity (Wildman–Crippen MR) is 105 cm³/mol. The molecule has 26 heavy (non-hydrogen) atoms. The Kier molecular flexibility index (Phi) is 4.62. The molecular formula is C16H21BN8O. The van der Waals surface area contributed by atoms with E-state index in [2.05, 4.69) is 20.7 Å². The van der Waals surface area contributed by atoms with E-state index in [1.807, 2.05) is 20.0 Å². The van der Waals surface area contributed by atoms with Crippen LogP contribution in [0.4, 0.5) is 28.6 Å². The summed E-state index contributed by atoms with van der Waals surface area (Å²) < 4.78 is 1.72. The molecule has 0 bridgehead atoms. The third-order valence-corrected chi connectivity index (χ3v) is 4.07. The first kappa shape index (κ1) is 17.8. The van der Waals surface area contributed by atoms with Crippen LogP contribution in [0.3, 0.4) is 0 Å². The van der Waals surface area contributed by atoms with E-state index in [0.717, 1.165) is 17.0 Å². The minimum Gasteiger partial charge on any atom is -0.398 e. The molecule has 0 amide bonds. The molecule has 1 aromatic carbocycles. The Hall–Kier alpha value is -2.98. The van der Waals surface area contributed by atoms with Crippen LogP contribution >= 0.6 is 0 Å². The standard InChI is InChI=1S/C16H21BN8O/c1-8-7-21-16-11(20-2)6-13(23-25(8)16)22-10-4-9(15(17)26)5-12(14(10)18)24(3)19/h4-7,15,20,26H,18-19H2,1-3H3,(H,22,23). The van der Waals surface area contributed by atoms with E-state index in [0.29, 0.717) is 28.4 Å². The molecule has 0 aliphatic rings. The topological polar surface area (TPSA) is 130 Å². The SMILES string of the molecule is [B]C(O)c1cc(Nc2cc(NC)c3ncc(C)n3n2)c(N)c(N(C)N)c1. The van der Waals surface area contributed by atoms with E-state index in [1.165, 1.54) is 5.01 Å². The second-order valence-electron chi connectivity index (χ2n) is 6.01. The zero-order valence-electron chi connectivity index (χ0n) is 14.9. The van der Waals surface area contributed by atoms with E-state index in [-0.39, 0.29) is 0 Å². The average Bonchev–Trinajstić information content (AvgIpc) is 2.96. The number of hydrogen-bond donors (Lipinski definition) is 5. The molecule has 10 heteroatoms. The number of aliphatic hydroxyl groups is 1. The number of aliphatic hydroxyl groups excluding tert-OH is 1. The number of hydrogen-bond acceptors (Lipinski definition) is 8.